The second kappa shape index (κ2) is 10.1. The average Bonchev–Trinajstić information content (AvgIpc) is 2.60. The molecule has 27 heavy (non-hydrogen) atoms. The van der Waals surface area contributed by atoms with Gasteiger partial charge in [0.1, 0.15) is 6.04 Å². The zero-order valence-corrected chi connectivity index (χ0v) is 15.8. The molecule has 0 aliphatic rings. The van der Waals surface area contributed by atoms with Crippen LogP contribution in [0.5, 0.6) is 0 Å². The van der Waals surface area contributed by atoms with Crippen LogP contribution in [0.25, 0.3) is 0 Å². The molecule has 1 aromatic rings. The molecule has 1 amide bonds. The lowest BCUT2D eigenvalue weighted by atomic mass is 10.1. The Morgan fingerprint density at radius 2 is 1.74 bits per heavy atom. The van der Waals surface area contributed by atoms with E-state index in [4.69, 9.17) is 20.0 Å². The van der Waals surface area contributed by atoms with Gasteiger partial charge in [-0.1, -0.05) is 44.2 Å². The van der Waals surface area contributed by atoms with E-state index in [-0.39, 0.29) is 12.3 Å². The third-order valence-electron chi connectivity index (χ3n) is 3.72. The molecule has 0 aliphatic carbocycles. The lowest BCUT2D eigenvalue weighted by Crippen LogP contribution is -2.49. The fourth-order valence-corrected chi connectivity index (χ4v) is 1.91. The van der Waals surface area contributed by atoms with E-state index in [0.717, 1.165) is 10.5 Å². The Hall–Kier alpha value is -3.10. The van der Waals surface area contributed by atoms with Crippen LogP contribution in [0.4, 0.5) is 4.79 Å². The predicted octanol–water partition coefficient (Wildman–Crippen LogP) is 1.82. The number of ether oxygens (including phenoxy) is 2. The molecule has 2 unspecified atom stereocenters. The summed E-state index contributed by atoms with van der Waals surface area (Å²) in [5, 5.41) is 18.8. The Morgan fingerprint density at radius 3 is 2.26 bits per heavy atom. The van der Waals surface area contributed by atoms with Crippen LogP contribution in [0.15, 0.2) is 30.3 Å². The molecule has 0 aliphatic heterocycles. The number of hydrogen-bond donors (Lipinski definition) is 3. The van der Waals surface area contributed by atoms with Crippen LogP contribution in [0.2, 0.25) is 0 Å². The van der Waals surface area contributed by atoms with Crippen molar-refractivity contribution in [2.24, 2.45) is 5.92 Å². The first kappa shape index (κ1) is 21.9. The van der Waals surface area contributed by atoms with Crippen LogP contribution in [0, 0.1) is 11.3 Å². The van der Waals surface area contributed by atoms with Gasteiger partial charge in [-0.15, -0.1) is 0 Å². The second-order valence-corrected chi connectivity index (χ2v) is 6.27. The lowest BCUT2D eigenvalue weighted by molar-refractivity contribution is -0.173. The molecule has 2 atom stereocenters. The molecule has 0 aromatic heterocycles. The minimum Gasteiger partial charge on any atom is -0.480 e. The van der Waals surface area contributed by atoms with E-state index < -0.39 is 36.3 Å². The molecular formula is C18H25N3O6. The first-order chi connectivity index (χ1) is 12.6. The third-order valence-corrected chi connectivity index (χ3v) is 3.72. The number of likely N-dealkylation sites (N-methyl/N-ethyl adjacent to an activating group) is 1. The number of esters is 1. The van der Waals surface area contributed by atoms with Gasteiger partial charge in [0.05, 0.1) is 6.42 Å². The SMILES string of the molecule is CC(C)C(OC(=O)Cc1ccccc1)OC(=O)NC(=N)N(C)C(C)C(=O)O. The maximum atomic E-state index is 12.1. The number of aliphatic carboxylic acids is 1. The molecule has 0 fully saturated rings. The topological polar surface area (TPSA) is 129 Å². The fraction of sp³-hybridized carbons (Fsp3) is 0.444. The number of carbonyl (C=O) groups is 3. The summed E-state index contributed by atoms with van der Waals surface area (Å²) in [7, 11) is 1.35. The number of carboxylic acids is 1. The van der Waals surface area contributed by atoms with Gasteiger partial charge >= 0.3 is 18.0 Å². The van der Waals surface area contributed by atoms with Gasteiger partial charge in [0, 0.05) is 13.0 Å². The van der Waals surface area contributed by atoms with Crippen molar-refractivity contribution >= 4 is 24.0 Å². The number of guanidine groups is 1. The van der Waals surface area contributed by atoms with Gasteiger partial charge in [0.15, 0.2) is 0 Å². The van der Waals surface area contributed by atoms with Crippen LogP contribution >= 0.6 is 0 Å². The van der Waals surface area contributed by atoms with Crippen molar-refractivity contribution in [3.63, 3.8) is 0 Å². The number of amides is 1. The van der Waals surface area contributed by atoms with E-state index in [1.54, 1.807) is 38.1 Å². The summed E-state index contributed by atoms with van der Waals surface area (Å²) < 4.78 is 10.3. The van der Waals surface area contributed by atoms with Crippen LogP contribution in [0.3, 0.4) is 0 Å². The number of carboxylic acid groups (broad SMARTS) is 1. The van der Waals surface area contributed by atoms with Crippen molar-refractivity contribution in [3.8, 4) is 0 Å². The Morgan fingerprint density at radius 1 is 1.15 bits per heavy atom. The van der Waals surface area contributed by atoms with Crippen LogP contribution in [0.1, 0.15) is 26.3 Å². The summed E-state index contributed by atoms with van der Waals surface area (Å²) in [5.41, 5.74) is 0.764. The summed E-state index contributed by atoms with van der Waals surface area (Å²) in [6.45, 7) is 4.78. The van der Waals surface area contributed by atoms with Gasteiger partial charge in [0.25, 0.3) is 6.29 Å². The summed E-state index contributed by atoms with van der Waals surface area (Å²) in [6, 6.07) is 7.97. The first-order valence-corrected chi connectivity index (χ1v) is 8.37. The molecule has 148 valence electrons. The van der Waals surface area contributed by atoms with Crippen molar-refractivity contribution in [2.45, 2.75) is 39.5 Å². The molecule has 0 spiro atoms. The molecule has 1 aromatic carbocycles. The van der Waals surface area contributed by atoms with E-state index in [1.807, 2.05) is 6.07 Å². The molecule has 3 N–H and O–H groups in total. The van der Waals surface area contributed by atoms with Crippen LogP contribution < -0.4 is 5.32 Å². The van der Waals surface area contributed by atoms with E-state index in [2.05, 4.69) is 5.32 Å². The Kier molecular flexibility index (Phi) is 8.25. The molecule has 1 rings (SSSR count). The molecule has 0 saturated heterocycles. The Bertz CT molecular complexity index is 677. The van der Waals surface area contributed by atoms with Gasteiger partial charge in [-0.05, 0) is 12.5 Å². The van der Waals surface area contributed by atoms with Gasteiger partial charge in [-0.3, -0.25) is 15.5 Å². The van der Waals surface area contributed by atoms with E-state index in [9.17, 15) is 14.4 Å². The highest BCUT2D eigenvalue weighted by atomic mass is 16.7. The van der Waals surface area contributed by atoms with E-state index >= 15 is 0 Å². The number of carbonyl (C=O) groups excluding carboxylic acids is 2. The molecule has 0 heterocycles. The second-order valence-electron chi connectivity index (χ2n) is 6.27. The van der Waals surface area contributed by atoms with Crippen molar-refractivity contribution in [3.05, 3.63) is 35.9 Å². The quantitative estimate of drug-likeness (QED) is 0.285. The van der Waals surface area contributed by atoms with Crippen LogP contribution in [-0.2, 0) is 25.5 Å². The molecule has 0 bridgehead atoms. The monoisotopic (exact) mass is 379 g/mol. The number of benzene rings is 1. The van der Waals surface area contributed by atoms with E-state index in [1.165, 1.54) is 14.0 Å². The molecular weight excluding hydrogens is 354 g/mol. The average molecular weight is 379 g/mol. The summed E-state index contributed by atoms with van der Waals surface area (Å²) >= 11 is 0. The minimum absolute atomic E-state index is 0.0315. The normalized spacial score (nSPS) is 12.6. The number of hydrogen-bond acceptors (Lipinski definition) is 6. The lowest BCUT2D eigenvalue weighted by Gasteiger charge is -2.25. The van der Waals surface area contributed by atoms with Gasteiger partial charge in [-0.2, -0.15) is 0 Å². The Labute approximate surface area is 157 Å². The van der Waals surface area contributed by atoms with Crippen molar-refractivity contribution < 1.29 is 29.0 Å². The first-order valence-electron chi connectivity index (χ1n) is 8.37. The zero-order valence-electron chi connectivity index (χ0n) is 15.8. The number of nitrogens with zero attached hydrogens (tertiary/aromatic N) is 1. The minimum atomic E-state index is -1.15. The van der Waals surface area contributed by atoms with Gasteiger partial charge in [-0.25, -0.2) is 9.59 Å². The van der Waals surface area contributed by atoms with E-state index in [0.29, 0.717) is 0 Å². The maximum Gasteiger partial charge on any atom is 0.417 e. The smallest absolute Gasteiger partial charge is 0.417 e. The molecule has 9 nitrogen and oxygen atoms in total. The number of nitrogens with one attached hydrogen (secondary N) is 2. The van der Waals surface area contributed by atoms with Gasteiger partial charge < -0.3 is 19.5 Å². The van der Waals surface area contributed by atoms with Crippen molar-refractivity contribution in [2.75, 3.05) is 7.05 Å². The van der Waals surface area contributed by atoms with Crippen molar-refractivity contribution in [1.82, 2.24) is 10.2 Å². The number of alkyl carbamates (subject to hydrolysis) is 1. The highest BCUT2D eigenvalue weighted by molar-refractivity contribution is 5.94. The standard InChI is InChI=1S/C18H25N3O6/c1-11(2)16(26-14(22)10-13-8-6-5-7-9-13)27-18(25)20-17(19)21(4)12(3)15(23)24/h5-9,11-12,16H,10H2,1-4H3,(H,23,24)(H2,19,20,25). The largest absolute Gasteiger partial charge is 0.480 e. The van der Waals surface area contributed by atoms with Crippen LogP contribution in [-0.4, -0.2) is 53.4 Å². The Balaban J connectivity index is 2.60. The predicted molar refractivity (Wildman–Crippen MR) is 97.1 cm³/mol. The summed E-state index contributed by atoms with van der Waals surface area (Å²) in [4.78, 5) is 36.0. The maximum absolute atomic E-state index is 12.1. The molecule has 0 radical (unpaired) electrons. The summed E-state index contributed by atoms with van der Waals surface area (Å²) in [6.07, 6.45) is -2.13. The highest BCUT2D eigenvalue weighted by Gasteiger charge is 2.25. The fourth-order valence-electron chi connectivity index (χ4n) is 1.91. The summed E-state index contributed by atoms with van der Waals surface area (Å²) in [5.74, 6) is -2.47. The highest BCUT2D eigenvalue weighted by Crippen LogP contribution is 2.11. The molecule has 0 saturated carbocycles. The number of rotatable bonds is 7. The zero-order chi connectivity index (χ0) is 20.6. The van der Waals surface area contributed by atoms with Crippen molar-refractivity contribution in [1.29, 1.82) is 5.41 Å². The van der Waals surface area contributed by atoms with Gasteiger partial charge in [0.2, 0.25) is 5.96 Å². The third kappa shape index (κ3) is 7.35. The molecule has 9 heteroatoms.